The molecule has 0 radical (unpaired) electrons. The molecule has 0 aliphatic carbocycles. The Balaban J connectivity index is 2.12. The summed E-state index contributed by atoms with van der Waals surface area (Å²) in [7, 11) is 1.99. The number of thiophene rings is 1. The summed E-state index contributed by atoms with van der Waals surface area (Å²) in [6.07, 6.45) is 3.60. The van der Waals surface area contributed by atoms with Gasteiger partial charge in [0, 0.05) is 23.7 Å². The van der Waals surface area contributed by atoms with Crippen LogP contribution in [0, 0.1) is 0 Å². The Labute approximate surface area is 109 Å². The van der Waals surface area contributed by atoms with Gasteiger partial charge in [0.25, 0.3) is 5.91 Å². The fourth-order valence-corrected chi connectivity index (χ4v) is 3.10. The number of aromatic nitrogens is 2. The summed E-state index contributed by atoms with van der Waals surface area (Å²) in [5.74, 6) is -0.00663. The number of hydrogen-bond acceptors (Lipinski definition) is 4. The van der Waals surface area contributed by atoms with Gasteiger partial charge >= 0.3 is 0 Å². The van der Waals surface area contributed by atoms with E-state index in [9.17, 15) is 4.79 Å². The first kappa shape index (κ1) is 11.3. The molecule has 0 atom stereocenters. The van der Waals surface area contributed by atoms with Crippen molar-refractivity contribution < 1.29 is 4.79 Å². The van der Waals surface area contributed by atoms with Crippen molar-refractivity contribution in [3.8, 4) is 10.4 Å². The molecule has 0 bridgehead atoms. The van der Waals surface area contributed by atoms with Crippen molar-refractivity contribution in [2.45, 2.75) is 19.5 Å². The number of anilines is 1. The van der Waals surface area contributed by atoms with Crippen LogP contribution in [0.3, 0.4) is 0 Å². The second kappa shape index (κ2) is 3.58. The van der Waals surface area contributed by atoms with Crippen molar-refractivity contribution in [2.75, 3.05) is 11.9 Å². The maximum absolute atomic E-state index is 12.1. The topological polar surface area (TPSA) is 61.0 Å². The van der Waals surface area contributed by atoms with Gasteiger partial charge in [-0.15, -0.1) is 11.3 Å². The first-order chi connectivity index (χ1) is 8.49. The van der Waals surface area contributed by atoms with E-state index in [1.54, 1.807) is 6.20 Å². The Morgan fingerprint density at radius 3 is 2.89 bits per heavy atom. The Hall–Kier alpha value is -1.82. The molecule has 0 aromatic carbocycles. The Morgan fingerprint density at radius 1 is 1.44 bits per heavy atom. The lowest BCUT2D eigenvalue weighted by molar-refractivity contribution is 0.0906. The Morgan fingerprint density at radius 2 is 2.22 bits per heavy atom. The largest absolute Gasteiger partial charge is 0.351 e. The summed E-state index contributed by atoms with van der Waals surface area (Å²) in [6, 6.07) is 2.05. The predicted molar refractivity (Wildman–Crippen MR) is 71.8 cm³/mol. The third-order valence-corrected chi connectivity index (χ3v) is 4.49. The number of fused-ring (bicyclic) bond motifs is 1. The summed E-state index contributed by atoms with van der Waals surface area (Å²) < 4.78 is 0. The average molecular weight is 262 g/mol. The number of nitrogens with zero attached hydrogens (tertiary/aromatic N) is 2. The summed E-state index contributed by atoms with van der Waals surface area (Å²) in [5.41, 5.74) is 1.62. The first-order valence-corrected chi connectivity index (χ1v) is 6.50. The molecular formula is C12H14N4OS. The lowest BCUT2D eigenvalue weighted by atomic mass is 10.1. The molecule has 3 rings (SSSR count). The highest BCUT2D eigenvalue weighted by Crippen LogP contribution is 2.40. The summed E-state index contributed by atoms with van der Waals surface area (Å²) >= 11 is 1.49. The van der Waals surface area contributed by atoms with E-state index in [0.29, 0.717) is 0 Å². The maximum Gasteiger partial charge on any atom is 0.265 e. The van der Waals surface area contributed by atoms with E-state index in [1.807, 2.05) is 33.2 Å². The Bertz CT molecular complexity index is 600. The zero-order valence-electron chi connectivity index (χ0n) is 10.4. The molecule has 6 heteroatoms. The highest BCUT2D eigenvalue weighted by Gasteiger charge is 2.36. The quantitative estimate of drug-likeness (QED) is 0.827. The summed E-state index contributed by atoms with van der Waals surface area (Å²) in [4.78, 5) is 16.0. The number of H-pyrrole nitrogens is 1. The molecule has 0 fully saturated rings. The Kier molecular flexibility index (Phi) is 2.25. The summed E-state index contributed by atoms with van der Waals surface area (Å²) in [5, 5.41) is 9.72. The number of hydrogen-bond donors (Lipinski definition) is 2. The van der Waals surface area contributed by atoms with E-state index < -0.39 is 0 Å². The standard InChI is InChI=1S/C12H14N4OS/c1-12(2)15-11(17)10-8(16(12)3)4-9(18-10)7-5-13-14-6-7/h4-6H,1-3H3,(H,13,14)(H,15,17). The average Bonchev–Trinajstić information content (AvgIpc) is 2.94. The molecule has 2 aromatic rings. The number of aromatic amines is 1. The number of rotatable bonds is 1. The molecule has 94 valence electrons. The van der Waals surface area contributed by atoms with Crippen molar-refractivity contribution in [2.24, 2.45) is 0 Å². The number of nitrogens with one attached hydrogen (secondary N) is 2. The van der Waals surface area contributed by atoms with Crippen molar-refractivity contribution in [3.05, 3.63) is 23.3 Å². The van der Waals surface area contributed by atoms with E-state index in [-0.39, 0.29) is 11.6 Å². The van der Waals surface area contributed by atoms with Gasteiger partial charge < -0.3 is 10.2 Å². The predicted octanol–water partition coefficient (Wildman–Crippen LogP) is 2.05. The molecule has 0 saturated heterocycles. The first-order valence-electron chi connectivity index (χ1n) is 5.68. The SMILES string of the molecule is CN1c2cc(-c3cn[nH]c3)sc2C(=O)NC1(C)C. The third-order valence-electron chi connectivity index (χ3n) is 3.32. The lowest BCUT2D eigenvalue weighted by Gasteiger charge is -2.41. The second-order valence-corrected chi connectivity index (χ2v) is 5.94. The molecule has 1 aliphatic rings. The van der Waals surface area contributed by atoms with Crippen LogP contribution in [-0.2, 0) is 0 Å². The second-order valence-electron chi connectivity index (χ2n) is 4.88. The van der Waals surface area contributed by atoms with Gasteiger partial charge in [0.05, 0.1) is 11.9 Å². The minimum Gasteiger partial charge on any atom is -0.351 e. The van der Waals surface area contributed by atoms with Crippen LogP contribution in [-0.4, -0.2) is 28.8 Å². The molecule has 2 aromatic heterocycles. The lowest BCUT2D eigenvalue weighted by Crippen LogP contribution is -2.58. The van der Waals surface area contributed by atoms with Crippen LogP contribution < -0.4 is 10.2 Å². The van der Waals surface area contributed by atoms with E-state index in [0.717, 1.165) is 21.0 Å². The van der Waals surface area contributed by atoms with Crippen molar-refractivity contribution in [1.29, 1.82) is 0 Å². The van der Waals surface area contributed by atoms with Crippen LogP contribution >= 0.6 is 11.3 Å². The smallest absolute Gasteiger partial charge is 0.265 e. The van der Waals surface area contributed by atoms with Gasteiger partial charge in [-0.3, -0.25) is 9.89 Å². The molecule has 0 unspecified atom stereocenters. The van der Waals surface area contributed by atoms with Crippen LogP contribution in [0.2, 0.25) is 0 Å². The number of carbonyl (C=O) groups is 1. The maximum atomic E-state index is 12.1. The van der Waals surface area contributed by atoms with Crippen LogP contribution in [0.5, 0.6) is 0 Å². The van der Waals surface area contributed by atoms with Gasteiger partial charge in [-0.2, -0.15) is 5.10 Å². The van der Waals surface area contributed by atoms with E-state index >= 15 is 0 Å². The number of carbonyl (C=O) groups excluding carboxylic acids is 1. The molecule has 1 aliphatic heterocycles. The highest BCUT2D eigenvalue weighted by atomic mass is 32.1. The van der Waals surface area contributed by atoms with Gasteiger partial charge in [0.1, 0.15) is 10.5 Å². The van der Waals surface area contributed by atoms with Crippen LogP contribution in [0.25, 0.3) is 10.4 Å². The van der Waals surface area contributed by atoms with Crippen LogP contribution in [0.4, 0.5) is 5.69 Å². The van der Waals surface area contributed by atoms with Crippen molar-refractivity contribution in [1.82, 2.24) is 15.5 Å². The zero-order valence-corrected chi connectivity index (χ0v) is 11.3. The normalized spacial score (nSPS) is 17.5. The van der Waals surface area contributed by atoms with Crippen LogP contribution in [0.15, 0.2) is 18.5 Å². The molecule has 3 heterocycles. The molecular weight excluding hydrogens is 248 g/mol. The minimum absolute atomic E-state index is 0.00663. The third kappa shape index (κ3) is 1.53. The molecule has 18 heavy (non-hydrogen) atoms. The molecule has 5 nitrogen and oxygen atoms in total. The molecule has 1 amide bonds. The fourth-order valence-electron chi connectivity index (χ4n) is 2.04. The van der Waals surface area contributed by atoms with Gasteiger partial charge in [-0.05, 0) is 19.9 Å². The van der Waals surface area contributed by atoms with Crippen molar-refractivity contribution in [3.63, 3.8) is 0 Å². The van der Waals surface area contributed by atoms with Gasteiger partial charge in [0.15, 0.2) is 0 Å². The molecule has 0 saturated carbocycles. The van der Waals surface area contributed by atoms with E-state index in [1.165, 1.54) is 11.3 Å². The minimum atomic E-state index is -0.362. The van der Waals surface area contributed by atoms with E-state index in [2.05, 4.69) is 20.4 Å². The monoisotopic (exact) mass is 262 g/mol. The zero-order chi connectivity index (χ0) is 12.9. The van der Waals surface area contributed by atoms with Gasteiger partial charge in [-0.1, -0.05) is 0 Å². The van der Waals surface area contributed by atoms with Gasteiger partial charge in [0.2, 0.25) is 0 Å². The number of amides is 1. The van der Waals surface area contributed by atoms with Gasteiger partial charge in [-0.25, -0.2) is 0 Å². The summed E-state index contributed by atoms with van der Waals surface area (Å²) in [6.45, 7) is 3.98. The van der Waals surface area contributed by atoms with Crippen molar-refractivity contribution >= 4 is 22.9 Å². The molecule has 0 spiro atoms. The highest BCUT2D eigenvalue weighted by molar-refractivity contribution is 7.18. The fraction of sp³-hybridized carbons (Fsp3) is 0.333. The van der Waals surface area contributed by atoms with Crippen LogP contribution in [0.1, 0.15) is 23.5 Å². The van der Waals surface area contributed by atoms with E-state index in [4.69, 9.17) is 0 Å². The molecule has 2 N–H and O–H groups in total.